The molecule has 1 N–H and O–H groups in total. The first-order valence-corrected chi connectivity index (χ1v) is 11.7. The minimum atomic E-state index is -0.622. The number of anilines is 1. The normalized spacial score (nSPS) is 23.8. The lowest BCUT2D eigenvalue weighted by atomic mass is 9.96. The van der Waals surface area contributed by atoms with E-state index in [0.717, 1.165) is 25.9 Å². The van der Waals surface area contributed by atoms with Gasteiger partial charge < -0.3 is 15.0 Å². The van der Waals surface area contributed by atoms with Gasteiger partial charge in [0.2, 0.25) is 5.91 Å². The van der Waals surface area contributed by atoms with Crippen LogP contribution in [0.1, 0.15) is 53.9 Å². The Labute approximate surface area is 191 Å². The van der Waals surface area contributed by atoms with Gasteiger partial charge in [0.25, 0.3) is 0 Å². The van der Waals surface area contributed by atoms with Gasteiger partial charge in [-0.05, 0) is 64.0 Å². The Kier molecular flexibility index (Phi) is 7.36. The SMILES string of the molecule is CC(C)C[C@@H](C(=O)N[C@H]1CC[C@@H]2CN(c3ccccc3F)C[C@@H]21)N(C)C(=O)OC(C)(C)C. The van der Waals surface area contributed by atoms with Gasteiger partial charge in [0.15, 0.2) is 0 Å². The van der Waals surface area contributed by atoms with Crippen molar-refractivity contribution in [3.63, 3.8) is 0 Å². The van der Waals surface area contributed by atoms with Gasteiger partial charge >= 0.3 is 6.09 Å². The second kappa shape index (κ2) is 9.67. The van der Waals surface area contributed by atoms with Crippen molar-refractivity contribution in [1.82, 2.24) is 10.2 Å². The molecule has 1 saturated heterocycles. The highest BCUT2D eigenvalue weighted by atomic mass is 19.1. The van der Waals surface area contributed by atoms with Crippen LogP contribution < -0.4 is 10.2 Å². The first-order chi connectivity index (χ1) is 15.0. The number of benzene rings is 1. The number of fused-ring (bicyclic) bond motifs is 1. The number of halogens is 1. The molecule has 0 spiro atoms. The maximum absolute atomic E-state index is 14.3. The van der Waals surface area contributed by atoms with E-state index in [0.29, 0.717) is 18.0 Å². The summed E-state index contributed by atoms with van der Waals surface area (Å²) in [6, 6.07) is 6.31. The minimum absolute atomic E-state index is 0.0333. The predicted molar refractivity (Wildman–Crippen MR) is 124 cm³/mol. The Balaban J connectivity index is 1.67. The van der Waals surface area contributed by atoms with E-state index in [1.807, 2.05) is 46.8 Å². The maximum Gasteiger partial charge on any atom is 0.410 e. The van der Waals surface area contributed by atoms with Crippen LogP contribution in [0.4, 0.5) is 14.9 Å². The van der Waals surface area contributed by atoms with Gasteiger partial charge in [-0.3, -0.25) is 9.69 Å². The molecule has 1 aromatic rings. The van der Waals surface area contributed by atoms with Crippen LogP contribution in [-0.4, -0.2) is 54.7 Å². The number of nitrogens with one attached hydrogen (secondary N) is 1. The molecule has 178 valence electrons. The van der Waals surface area contributed by atoms with Gasteiger partial charge in [-0.2, -0.15) is 0 Å². The van der Waals surface area contributed by atoms with Gasteiger partial charge in [0.05, 0.1) is 5.69 Å². The van der Waals surface area contributed by atoms with Crippen LogP contribution >= 0.6 is 0 Å². The van der Waals surface area contributed by atoms with Crippen molar-refractivity contribution in [3.05, 3.63) is 30.1 Å². The fraction of sp³-hybridized carbons (Fsp3) is 0.680. The summed E-state index contributed by atoms with van der Waals surface area (Å²) >= 11 is 0. The summed E-state index contributed by atoms with van der Waals surface area (Å²) in [5, 5.41) is 3.23. The van der Waals surface area contributed by atoms with Crippen LogP contribution in [0, 0.1) is 23.6 Å². The highest BCUT2D eigenvalue weighted by Crippen LogP contribution is 2.40. The van der Waals surface area contributed by atoms with E-state index in [-0.39, 0.29) is 29.6 Å². The molecule has 2 amide bonds. The second-order valence-electron chi connectivity index (χ2n) is 10.7. The van der Waals surface area contributed by atoms with Gasteiger partial charge in [-0.1, -0.05) is 26.0 Å². The average molecular weight is 448 g/mol. The molecule has 3 rings (SSSR count). The second-order valence-corrected chi connectivity index (χ2v) is 10.7. The monoisotopic (exact) mass is 447 g/mol. The Morgan fingerprint density at radius 2 is 1.91 bits per heavy atom. The Morgan fingerprint density at radius 3 is 2.53 bits per heavy atom. The summed E-state index contributed by atoms with van der Waals surface area (Å²) < 4.78 is 19.8. The number of nitrogens with zero attached hydrogens (tertiary/aromatic N) is 2. The minimum Gasteiger partial charge on any atom is -0.444 e. The lowest BCUT2D eigenvalue weighted by Gasteiger charge is -2.32. The highest BCUT2D eigenvalue weighted by molar-refractivity contribution is 5.86. The third-order valence-corrected chi connectivity index (χ3v) is 6.52. The van der Waals surface area contributed by atoms with Crippen molar-refractivity contribution in [2.24, 2.45) is 17.8 Å². The first kappa shape index (κ1) is 24.3. The van der Waals surface area contributed by atoms with Gasteiger partial charge in [0, 0.05) is 32.1 Å². The smallest absolute Gasteiger partial charge is 0.410 e. The molecule has 0 unspecified atom stereocenters. The van der Waals surface area contributed by atoms with Crippen molar-refractivity contribution < 1.29 is 18.7 Å². The zero-order valence-corrected chi connectivity index (χ0v) is 20.2. The third kappa shape index (κ3) is 5.73. The number of carbonyl (C=O) groups excluding carboxylic acids is 2. The van der Waals surface area contributed by atoms with E-state index in [2.05, 4.69) is 10.2 Å². The molecule has 32 heavy (non-hydrogen) atoms. The molecule has 1 heterocycles. The first-order valence-electron chi connectivity index (χ1n) is 11.7. The number of para-hydroxylation sites is 1. The molecule has 0 bridgehead atoms. The molecule has 0 radical (unpaired) electrons. The molecule has 1 aliphatic carbocycles. The standard InChI is InChI=1S/C25H38FN3O3/c1-16(2)13-22(28(6)24(31)32-25(3,4)5)23(30)27-20-12-11-17-14-29(15-18(17)20)21-10-8-7-9-19(21)26/h7-10,16-18,20,22H,11-15H2,1-6H3,(H,27,30)/t17-,18+,20+,22+/m1/s1. The quantitative estimate of drug-likeness (QED) is 0.700. The summed E-state index contributed by atoms with van der Waals surface area (Å²) in [5.41, 5.74) is 0.0115. The largest absolute Gasteiger partial charge is 0.444 e. The summed E-state index contributed by atoms with van der Waals surface area (Å²) in [6.45, 7) is 11.1. The predicted octanol–water partition coefficient (Wildman–Crippen LogP) is 4.44. The van der Waals surface area contributed by atoms with E-state index in [9.17, 15) is 14.0 Å². The van der Waals surface area contributed by atoms with Crippen LogP contribution in [0.2, 0.25) is 0 Å². The fourth-order valence-electron chi connectivity index (χ4n) is 4.98. The molecular weight excluding hydrogens is 409 g/mol. The van der Waals surface area contributed by atoms with Crippen molar-refractivity contribution >= 4 is 17.7 Å². The van der Waals surface area contributed by atoms with Crippen LogP contribution in [0.15, 0.2) is 24.3 Å². The van der Waals surface area contributed by atoms with E-state index in [1.54, 1.807) is 13.1 Å². The van der Waals surface area contributed by atoms with Crippen LogP contribution in [0.25, 0.3) is 0 Å². The number of hydrogen-bond donors (Lipinski definition) is 1. The number of ether oxygens (including phenoxy) is 1. The van der Waals surface area contributed by atoms with Crippen LogP contribution in [0.3, 0.4) is 0 Å². The van der Waals surface area contributed by atoms with E-state index >= 15 is 0 Å². The van der Waals surface area contributed by atoms with E-state index in [4.69, 9.17) is 4.74 Å². The van der Waals surface area contributed by atoms with Crippen molar-refractivity contribution in [3.8, 4) is 0 Å². The number of hydrogen-bond acceptors (Lipinski definition) is 4. The third-order valence-electron chi connectivity index (χ3n) is 6.52. The number of carbonyl (C=O) groups is 2. The molecule has 1 aliphatic heterocycles. The Morgan fingerprint density at radius 1 is 1.22 bits per heavy atom. The summed E-state index contributed by atoms with van der Waals surface area (Å²) in [5.74, 6) is 0.623. The topological polar surface area (TPSA) is 61.9 Å². The lowest BCUT2D eigenvalue weighted by Crippen LogP contribution is -2.52. The van der Waals surface area contributed by atoms with Gasteiger partial charge in [0.1, 0.15) is 17.5 Å². The van der Waals surface area contributed by atoms with Crippen LogP contribution in [0.5, 0.6) is 0 Å². The maximum atomic E-state index is 14.3. The molecule has 0 aromatic heterocycles. The molecule has 1 aromatic carbocycles. The van der Waals surface area contributed by atoms with Crippen molar-refractivity contribution in [1.29, 1.82) is 0 Å². The number of rotatable bonds is 6. The number of likely N-dealkylation sites (N-methyl/N-ethyl adjacent to an activating group) is 1. The molecule has 1 saturated carbocycles. The Hall–Kier alpha value is -2.31. The molecule has 2 aliphatic rings. The summed E-state index contributed by atoms with van der Waals surface area (Å²) in [6.07, 6.45) is 1.99. The molecule has 2 fully saturated rings. The molecular formula is C25H38FN3O3. The summed E-state index contributed by atoms with van der Waals surface area (Å²) in [7, 11) is 1.63. The van der Waals surface area contributed by atoms with Gasteiger partial charge in [-0.15, -0.1) is 0 Å². The molecule has 6 nitrogen and oxygen atoms in total. The van der Waals surface area contributed by atoms with Crippen molar-refractivity contribution in [2.75, 3.05) is 25.0 Å². The number of amides is 2. The fourth-order valence-corrected chi connectivity index (χ4v) is 4.98. The molecule has 7 heteroatoms. The highest BCUT2D eigenvalue weighted by Gasteiger charge is 2.44. The lowest BCUT2D eigenvalue weighted by molar-refractivity contribution is -0.127. The Bertz CT molecular complexity index is 823. The zero-order valence-electron chi connectivity index (χ0n) is 20.2. The van der Waals surface area contributed by atoms with Crippen LogP contribution in [-0.2, 0) is 9.53 Å². The average Bonchev–Trinajstić information content (AvgIpc) is 3.26. The van der Waals surface area contributed by atoms with Crippen molar-refractivity contribution in [2.45, 2.75) is 71.6 Å². The van der Waals surface area contributed by atoms with Gasteiger partial charge in [-0.25, -0.2) is 9.18 Å². The zero-order chi connectivity index (χ0) is 23.6. The van der Waals surface area contributed by atoms with E-state index < -0.39 is 17.7 Å². The van der Waals surface area contributed by atoms with E-state index in [1.165, 1.54) is 11.0 Å². The molecule has 4 atom stereocenters. The summed E-state index contributed by atoms with van der Waals surface area (Å²) in [4.78, 5) is 29.4.